The number of carbonyl (C=O) groups is 2. The van der Waals surface area contributed by atoms with Gasteiger partial charge < -0.3 is 4.90 Å². The summed E-state index contributed by atoms with van der Waals surface area (Å²) >= 11 is 5.93. The summed E-state index contributed by atoms with van der Waals surface area (Å²) in [6.07, 6.45) is 0. The van der Waals surface area contributed by atoms with Gasteiger partial charge >= 0.3 is 0 Å². The number of hydrogen-bond donors (Lipinski definition) is 1. The van der Waals surface area contributed by atoms with E-state index >= 15 is 0 Å². The second kappa shape index (κ2) is 5.45. The lowest BCUT2D eigenvalue weighted by Crippen LogP contribution is -2.29. The number of ketones is 1. The van der Waals surface area contributed by atoms with E-state index in [-0.39, 0.29) is 11.4 Å². The van der Waals surface area contributed by atoms with E-state index < -0.39 is 21.7 Å². The number of sulfonamides is 1. The van der Waals surface area contributed by atoms with Crippen molar-refractivity contribution in [1.82, 2.24) is 0 Å². The standard InChI is InChI=1S/C15H11ClN2O4S/c16-10-3-6-12-13(7-10)18(15(20)14(12)19)8-9-1-4-11(5-2-9)23(17,21)22/h1-7H,8H2,(H2,17,21,22). The van der Waals surface area contributed by atoms with Gasteiger partial charge in [0.25, 0.3) is 11.7 Å². The highest BCUT2D eigenvalue weighted by Crippen LogP contribution is 2.32. The molecule has 1 aliphatic heterocycles. The second-order valence-electron chi connectivity index (χ2n) is 5.07. The minimum absolute atomic E-state index is 0.0199. The lowest BCUT2D eigenvalue weighted by Gasteiger charge is -2.17. The summed E-state index contributed by atoms with van der Waals surface area (Å²) in [5.74, 6) is -1.23. The SMILES string of the molecule is NS(=O)(=O)c1ccc(CN2C(=O)C(=O)c3ccc(Cl)cc32)cc1. The maximum absolute atomic E-state index is 12.1. The summed E-state index contributed by atoms with van der Waals surface area (Å²) in [4.78, 5) is 25.4. The molecule has 0 aliphatic carbocycles. The molecule has 2 N–H and O–H groups in total. The third-order valence-electron chi connectivity index (χ3n) is 3.53. The normalized spacial score (nSPS) is 14.3. The molecule has 0 bridgehead atoms. The molecule has 1 aliphatic rings. The van der Waals surface area contributed by atoms with Crippen LogP contribution in [0.25, 0.3) is 0 Å². The molecule has 2 aromatic carbocycles. The van der Waals surface area contributed by atoms with Gasteiger partial charge in [0.15, 0.2) is 0 Å². The number of nitrogens with two attached hydrogens (primary N) is 1. The number of amides is 1. The number of nitrogens with zero attached hydrogens (tertiary/aromatic N) is 1. The number of Topliss-reactive ketones (excluding diaryl/α,β-unsaturated/α-hetero) is 1. The van der Waals surface area contributed by atoms with Crippen LogP contribution in [-0.4, -0.2) is 20.1 Å². The van der Waals surface area contributed by atoms with Gasteiger partial charge in [0, 0.05) is 5.02 Å². The molecule has 0 spiro atoms. The maximum atomic E-state index is 12.1. The number of carbonyl (C=O) groups excluding carboxylic acids is 2. The van der Waals surface area contributed by atoms with Crippen LogP contribution >= 0.6 is 11.6 Å². The van der Waals surface area contributed by atoms with Crippen LogP contribution in [0.4, 0.5) is 5.69 Å². The van der Waals surface area contributed by atoms with E-state index in [0.29, 0.717) is 21.8 Å². The first-order valence-corrected chi connectivity index (χ1v) is 8.47. The van der Waals surface area contributed by atoms with Crippen molar-refractivity contribution in [3.63, 3.8) is 0 Å². The Labute approximate surface area is 137 Å². The number of halogens is 1. The number of primary sulfonamides is 1. The van der Waals surface area contributed by atoms with Crippen LogP contribution in [0, 0.1) is 0 Å². The fourth-order valence-corrected chi connectivity index (χ4v) is 3.07. The quantitative estimate of drug-likeness (QED) is 0.852. The molecule has 0 fully saturated rings. The zero-order chi connectivity index (χ0) is 16.8. The first-order valence-electron chi connectivity index (χ1n) is 6.55. The molecular formula is C15H11ClN2O4S. The van der Waals surface area contributed by atoms with Crippen molar-refractivity contribution < 1.29 is 18.0 Å². The van der Waals surface area contributed by atoms with Gasteiger partial charge in [-0.1, -0.05) is 23.7 Å². The highest BCUT2D eigenvalue weighted by molar-refractivity contribution is 7.89. The van der Waals surface area contributed by atoms with E-state index in [9.17, 15) is 18.0 Å². The predicted molar refractivity (Wildman–Crippen MR) is 84.8 cm³/mol. The minimum Gasteiger partial charge on any atom is -0.300 e. The zero-order valence-corrected chi connectivity index (χ0v) is 13.3. The molecule has 0 atom stereocenters. The smallest absolute Gasteiger partial charge is 0.299 e. The van der Waals surface area contributed by atoms with Crippen molar-refractivity contribution in [2.24, 2.45) is 5.14 Å². The van der Waals surface area contributed by atoms with Crippen LogP contribution in [0.3, 0.4) is 0 Å². The molecule has 0 saturated heterocycles. The molecule has 1 heterocycles. The molecule has 3 rings (SSSR count). The molecule has 0 aromatic heterocycles. The Morgan fingerprint density at radius 2 is 1.70 bits per heavy atom. The highest BCUT2D eigenvalue weighted by atomic mass is 35.5. The third kappa shape index (κ3) is 2.86. The van der Waals surface area contributed by atoms with Crippen molar-refractivity contribution in [3.8, 4) is 0 Å². The van der Waals surface area contributed by atoms with Gasteiger partial charge in [-0.15, -0.1) is 0 Å². The van der Waals surface area contributed by atoms with E-state index in [1.807, 2.05) is 0 Å². The monoisotopic (exact) mass is 350 g/mol. The van der Waals surface area contributed by atoms with Crippen molar-refractivity contribution in [3.05, 3.63) is 58.6 Å². The van der Waals surface area contributed by atoms with E-state index in [0.717, 1.165) is 0 Å². The predicted octanol–water partition coefficient (Wildman–Crippen LogP) is 1.72. The van der Waals surface area contributed by atoms with Crippen LogP contribution in [0.5, 0.6) is 0 Å². The Morgan fingerprint density at radius 1 is 1.04 bits per heavy atom. The molecular weight excluding hydrogens is 340 g/mol. The third-order valence-corrected chi connectivity index (χ3v) is 4.69. The zero-order valence-electron chi connectivity index (χ0n) is 11.7. The Morgan fingerprint density at radius 3 is 2.30 bits per heavy atom. The van der Waals surface area contributed by atoms with Crippen LogP contribution in [-0.2, 0) is 21.4 Å². The molecule has 0 radical (unpaired) electrons. The van der Waals surface area contributed by atoms with Gasteiger partial charge in [0.05, 0.1) is 22.7 Å². The number of benzene rings is 2. The van der Waals surface area contributed by atoms with E-state index in [1.165, 1.54) is 23.1 Å². The summed E-state index contributed by atoms with van der Waals surface area (Å²) in [5.41, 5.74) is 1.41. The summed E-state index contributed by atoms with van der Waals surface area (Å²) in [5, 5.41) is 5.46. The van der Waals surface area contributed by atoms with Crippen molar-refractivity contribution in [2.75, 3.05) is 4.90 Å². The topological polar surface area (TPSA) is 97.5 Å². The molecule has 0 saturated carbocycles. The summed E-state index contributed by atoms with van der Waals surface area (Å²) in [6.45, 7) is 0.128. The van der Waals surface area contributed by atoms with Crippen LogP contribution in [0.1, 0.15) is 15.9 Å². The van der Waals surface area contributed by atoms with E-state index in [1.54, 1.807) is 24.3 Å². The minimum atomic E-state index is -3.77. The highest BCUT2D eigenvalue weighted by Gasteiger charge is 2.35. The molecule has 8 heteroatoms. The van der Waals surface area contributed by atoms with Gasteiger partial charge in [0.2, 0.25) is 10.0 Å². The number of anilines is 1. The van der Waals surface area contributed by atoms with Crippen molar-refractivity contribution >= 4 is 39.0 Å². The molecule has 0 unspecified atom stereocenters. The molecule has 2 aromatic rings. The van der Waals surface area contributed by atoms with Crippen molar-refractivity contribution in [2.45, 2.75) is 11.4 Å². The Hall–Kier alpha value is -2.22. The van der Waals surface area contributed by atoms with Gasteiger partial charge in [-0.2, -0.15) is 0 Å². The van der Waals surface area contributed by atoms with E-state index in [4.69, 9.17) is 16.7 Å². The van der Waals surface area contributed by atoms with Crippen LogP contribution in [0.2, 0.25) is 5.02 Å². The molecule has 6 nitrogen and oxygen atoms in total. The lowest BCUT2D eigenvalue weighted by molar-refractivity contribution is -0.114. The molecule has 118 valence electrons. The lowest BCUT2D eigenvalue weighted by atomic mass is 10.1. The fourth-order valence-electron chi connectivity index (χ4n) is 2.39. The van der Waals surface area contributed by atoms with Crippen LogP contribution in [0.15, 0.2) is 47.4 Å². The molecule has 23 heavy (non-hydrogen) atoms. The average Bonchev–Trinajstić information content (AvgIpc) is 2.72. The Bertz CT molecular complexity index is 923. The summed E-state index contributed by atoms with van der Waals surface area (Å²) in [7, 11) is -3.77. The second-order valence-corrected chi connectivity index (χ2v) is 7.07. The Kier molecular flexibility index (Phi) is 3.71. The number of hydrogen-bond acceptors (Lipinski definition) is 4. The van der Waals surface area contributed by atoms with E-state index in [2.05, 4.69) is 0 Å². The fraction of sp³-hybridized carbons (Fsp3) is 0.0667. The summed E-state index contributed by atoms with van der Waals surface area (Å²) in [6, 6.07) is 10.4. The number of fused-ring (bicyclic) bond motifs is 1. The van der Waals surface area contributed by atoms with Gasteiger partial charge in [-0.05, 0) is 35.9 Å². The Balaban J connectivity index is 1.93. The van der Waals surface area contributed by atoms with Gasteiger partial charge in [-0.25, -0.2) is 13.6 Å². The van der Waals surface area contributed by atoms with Gasteiger partial charge in [-0.3, -0.25) is 9.59 Å². The average molecular weight is 351 g/mol. The largest absolute Gasteiger partial charge is 0.300 e. The number of rotatable bonds is 3. The van der Waals surface area contributed by atoms with Gasteiger partial charge in [0.1, 0.15) is 0 Å². The molecule has 1 amide bonds. The summed E-state index contributed by atoms with van der Waals surface area (Å²) < 4.78 is 22.5. The van der Waals surface area contributed by atoms with Crippen molar-refractivity contribution in [1.29, 1.82) is 0 Å². The maximum Gasteiger partial charge on any atom is 0.299 e. The first kappa shape index (κ1) is 15.7. The van der Waals surface area contributed by atoms with Crippen LogP contribution < -0.4 is 10.0 Å². The first-order chi connectivity index (χ1) is 10.8.